The number of thiazole rings is 1. The minimum Gasteiger partial charge on any atom is -0.338 e. The van der Waals surface area contributed by atoms with E-state index in [0.717, 1.165) is 34.3 Å². The second-order valence-corrected chi connectivity index (χ2v) is 9.92. The smallest absolute Gasteiger partial charge is 0.255 e. The highest BCUT2D eigenvalue weighted by atomic mass is 32.2. The van der Waals surface area contributed by atoms with E-state index in [0.29, 0.717) is 13.1 Å². The molecule has 3 aromatic rings. The molecule has 27 heavy (non-hydrogen) atoms. The summed E-state index contributed by atoms with van der Waals surface area (Å²) in [7, 11) is -3.46. The maximum atomic E-state index is 13.1. The Morgan fingerprint density at radius 1 is 1.15 bits per heavy atom. The van der Waals surface area contributed by atoms with Crippen molar-refractivity contribution in [3.05, 3.63) is 59.1 Å². The van der Waals surface area contributed by atoms with Gasteiger partial charge in [0.1, 0.15) is 0 Å². The standard InChI is InChI=1S/C20H20N2O3S2/c1-27(24,25)18-11-5-2-8-15(18)20(23)22-12-6-7-14(13-22)19-21-16-9-3-4-10-17(16)26-19/h2-5,8-11,14H,6-7,12-13H2,1H3/t14-/m1/s1. The number of carbonyl (C=O) groups excluding carboxylic acids is 1. The molecule has 2 heterocycles. The van der Waals surface area contributed by atoms with Crippen LogP contribution < -0.4 is 0 Å². The molecule has 1 fully saturated rings. The Morgan fingerprint density at radius 3 is 2.67 bits per heavy atom. The fraction of sp³-hybridized carbons (Fsp3) is 0.300. The van der Waals surface area contributed by atoms with Gasteiger partial charge in [0.15, 0.2) is 9.84 Å². The molecule has 7 heteroatoms. The predicted molar refractivity (Wildman–Crippen MR) is 107 cm³/mol. The van der Waals surface area contributed by atoms with Crippen LogP contribution in [0.2, 0.25) is 0 Å². The van der Waals surface area contributed by atoms with Gasteiger partial charge in [-0.2, -0.15) is 0 Å². The molecule has 140 valence electrons. The van der Waals surface area contributed by atoms with E-state index in [2.05, 4.69) is 6.07 Å². The number of piperidine rings is 1. The molecule has 1 amide bonds. The first-order chi connectivity index (χ1) is 12.9. The van der Waals surface area contributed by atoms with Gasteiger partial charge in [-0.15, -0.1) is 11.3 Å². The lowest BCUT2D eigenvalue weighted by molar-refractivity contribution is 0.0703. The Hall–Kier alpha value is -2.25. The quantitative estimate of drug-likeness (QED) is 0.672. The van der Waals surface area contributed by atoms with Gasteiger partial charge in [0.05, 0.1) is 25.7 Å². The van der Waals surface area contributed by atoms with Gasteiger partial charge in [0.2, 0.25) is 0 Å². The van der Waals surface area contributed by atoms with Crippen molar-refractivity contribution in [2.24, 2.45) is 0 Å². The normalized spacial score (nSPS) is 18.0. The fourth-order valence-electron chi connectivity index (χ4n) is 3.56. The van der Waals surface area contributed by atoms with Crippen LogP contribution in [0.1, 0.15) is 34.1 Å². The Labute approximate surface area is 162 Å². The number of likely N-dealkylation sites (tertiary alicyclic amines) is 1. The molecule has 4 rings (SSSR count). The summed E-state index contributed by atoms with van der Waals surface area (Å²) in [6.45, 7) is 1.20. The maximum Gasteiger partial charge on any atom is 0.255 e. The molecule has 0 saturated carbocycles. The van der Waals surface area contributed by atoms with Gasteiger partial charge >= 0.3 is 0 Å². The zero-order valence-corrected chi connectivity index (χ0v) is 16.6. The molecule has 1 atom stereocenters. The van der Waals surface area contributed by atoms with E-state index >= 15 is 0 Å². The van der Waals surface area contributed by atoms with Gasteiger partial charge in [-0.1, -0.05) is 24.3 Å². The summed E-state index contributed by atoms with van der Waals surface area (Å²) in [5.74, 6) is -0.0349. The van der Waals surface area contributed by atoms with Gasteiger partial charge in [0, 0.05) is 25.3 Å². The SMILES string of the molecule is CS(=O)(=O)c1ccccc1C(=O)N1CCC[C@@H](c2nc3ccccc3s2)C1. The Morgan fingerprint density at radius 2 is 1.89 bits per heavy atom. The Bertz CT molecular complexity index is 1070. The van der Waals surface area contributed by atoms with Gasteiger partial charge < -0.3 is 4.90 Å². The fourth-order valence-corrected chi connectivity index (χ4v) is 5.54. The van der Waals surface area contributed by atoms with Crippen LogP contribution in [0.25, 0.3) is 10.2 Å². The minimum atomic E-state index is -3.46. The molecule has 1 aliphatic rings. The van der Waals surface area contributed by atoms with Crippen LogP contribution in [0, 0.1) is 0 Å². The van der Waals surface area contributed by atoms with Crippen LogP contribution in [-0.2, 0) is 9.84 Å². The zero-order chi connectivity index (χ0) is 19.0. The summed E-state index contributed by atoms with van der Waals surface area (Å²) in [5, 5.41) is 1.05. The van der Waals surface area contributed by atoms with E-state index in [1.165, 1.54) is 6.07 Å². The van der Waals surface area contributed by atoms with E-state index < -0.39 is 9.84 Å². The van der Waals surface area contributed by atoms with Crippen LogP contribution in [0.5, 0.6) is 0 Å². The Kier molecular flexibility index (Phi) is 4.74. The van der Waals surface area contributed by atoms with Crippen molar-refractivity contribution >= 4 is 37.3 Å². The van der Waals surface area contributed by atoms with Crippen LogP contribution >= 0.6 is 11.3 Å². The van der Waals surface area contributed by atoms with E-state index in [-0.39, 0.29) is 22.3 Å². The number of hydrogen-bond acceptors (Lipinski definition) is 5. The summed E-state index contributed by atoms with van der Waals surface area (Å²) in [6.07, 6.45) is 3.00. The third-order valence-electron chi connectivity index (χ3n) is 4.89. The monoisotopic (exact) mass is 400 g/mol. The Balaban J connectivity index is 1.61. The summed E-state index contributed by atoms with van der Waals surface area (Å²) >= 11 is 1.68. The lowest BCUT2D eigenvalue weighted by atomic mass is 9.98. The zero-order valence-electron chi connectivity index (χ0n) is 15.0. The number of sulfone groups is 1. The number of nitrogens with zero attached hydrogens (tertiary/aromatic N) is 2. The van der Waals surface area contributed by atoms with Crippen LogP contribution in [0.15, 0.2) is 53.4 Å². The van der Waals surface area contributed by atoms with Crippen LogP contribution in [0.4, 0.5) is 0 Å². The summed E-state index contributed by atoms with van der Waals surface area (Å²) in [4.78, 5) is 19.7. The van der Waals surface area contributed by atoms with E-state index in [1.807, 2.05) is 18.2 Å². The topological polar surface area (TPSA) is 67.3 Å². The van der Waals surface area contributed by atoms with Crippen molar-refractivity contribution in [3.8, 4) is 0 Å². The van der Waals surface area contributed by atoms with Gasteiger partial charge in [0.25, 0.3) is 5.91 Å². The maximum absolute atomic E-state index is 13.1. The lowest BCUT2D eigenvalue weighted by Crippen LogP contribution is -2.39. The van der Waals surface area contributed by atoms with Crippen molar-refractivity contribution in [1.82, 2.24) is 9.88 Å². The van der Waals surface area contributed by atoms with E-state index in [4.69, 9.17) is 4.98 Å². The second kappa shape index (κ2) is 7.05. The average molecular weight is 401 g/mol. The van der Waals surface area contributed by atoms with Crippen molar-refractivity contribution in [1.29, 1.82) is 0 Å². The molecule has 0 N–H and O–H groups in total. The van der Waals surface area contributed by atoms with Crippen molar-refractivity contribution < 1.29 is 13.2 Å². The van der Waals surface area contributed by atoms with Crippen LogP contribution in [0.3, 0.4) is 0 Å². The summed E-state index contributed by atoms with van der Waals surface area (Å²) in [5.41, 5.74) is 1.24. The number of hydrogen-bond donors (Lipinski definition) is 0. The number of rotatable bonds is 3. The first-order valence-electron chi connectivity index (χ1n) is 8.87. The number of amides is 1. The molecule has 5 nitrogen and oxygen atoms in total. The number of para-hydroxylation sites is 1. The molecule has 1 aliphatic heterocycles. The molecular formula is C20H20N2O3S2. The molecule has 0 spiro atoms. The number of benzene rings is 2. The van der Waals surface area contributed by atoms with E-state index in [1.54, 1.807) is 34.4 Å². The number of carbonyl (C=O) groups is 1. The largest absolute Gasteiger partial charge is 0.338 e. The van der Waals surface area contributed by atoms with Crippen molar-refractivity contribution in [2.75, 3.05) is 19.3 Å². The molecule has 0 unspecified atom stereocenters. The number of fused-ring (bicyclic) bond motifs is 1. The van der Waals surface area contributed by atoms with Gasteiger partial charge in [-0.25, -0.2) is 13.4 Å². The molecule has 0 bridgehead atoms. The minimum absolute atomic E-state index is 0.0945. The highest BCUT2D eigenvalue weighted by Crippen LogP contribution is 2.33. The number of aromatic nitrogens is 1. The highest BCUT2D eigenvalue weighted by molar-refractivity contribution is 7.90. The molecule has 2 aromatic carbocycles. The summed E-state index contributed by atoms with van der Waals surface area (Å²) in [6, 6.07) is 14.5. The first kappa shape index (κ1) is 18.1. The molecule has 1 aromatic heterocycles. The third kappa shape index (κ3) is 3.61. The molecular weight excluding hydrogens is 380 g/mol. The molecule has 1 saturated heterocycles. The highest BCUT2D eigenvalue weighted by Gasteiger charge is 2.29. The average Bonchev–Trinajstić information content (AvgIpc) is 3.11. The van der Waals surface area contributed by atoms with Gasteiger partial charge in [-0.3, -0.25) is 4.79 Å². The molecule has 0 radical (unpaired) electrons. The first-order valence-corrected chi connectivity index (χ1v) is 11.6. The van der Waals surface area contributed by atoms with Crippen molar-refractivity contribution in [2.45, 2.75) is 23.7 Å². The lowest BCUT2D eigenvalue weighted by Gasteiger charge is -2.32. The predicted octanol–water partition coefficient (Wildman–Crippen LogP) is 3.72. The van der Waals surface area contributed by atoms with E-state index in [9.17, 15) is 13.2 Å². The second-order valence-electron chi connectivity index (χ2n) is 6.88. The third-order valence-corrected chi connectivity index (χ3v) is 7.24. The summed E-state index contributed by atoms with van der Waals surface area (Å²) < 4.78 is 25.2. The van der Waals surface area contributed by atoms with Crippen LogP contribution in [-0.4, -0.2) is 43.6 Å². The van der Waals surface area contributed by atoms with Crippen molar-refractivity contribution in [3.63, 3.8) is 0 Å². The molecule has 0 aliphatic carbocycles. The van der Waals surface area contributed by atoms with Gasteiger partial charge in [-0.05, 0) is 37.1 Å².